The van der Waals surface area contributed by atoms with Crippen molar-refractivity contribution in [2.75, 3.05) is 5.32 Å². The van der Waals surface area contributed by atoms with Crippen molar-refractivity contribution in [2.45, 2.75) is 39.5 Å². The summed E-state index contributed by atoms with van der Waals surface area (Å²) < 4.78 is 0. The Morgan fingerprint density at radius 1 is 1.40 bits per heavy atom. The third kappa shape index (κ3) is 2.27. The Hall–Kier alpha value is -1.93. The van der Waals surface area contributed by atoms with Crippen LogP contribution in [0.2, 0.25) is 0 Å². The second kappa shape index (κ2) is 5.22. The third-order valence-corrected chi connectivity index (χ3v) is 4.55. The fourth-order valence-corrected chi connectivity index (χ4v) is 3.46. The lowest BCUT2D eigenvalue weighted by Crippen LogP contribution is -2.00. The van der Waals surface area contributed by atoms with Crippen molar-refractivity contribution < 1.29 is 0 Å². The number of anilines is 2. The van der Waals surface area contributed by atoms with E-state index in [-0.39, 0.29) is 0 Å². The van der Waals surface area contributed by atoms with Crippen LogP contribution in [0.25, 0.3) is 0 Å². The van der Waals surface area contributed by atoms with Crippen molar-refractivity contribution in [2.24, 2.45) is 0 Å². The van der Waals surface area contributed by atoms with Gasteiger partial charge in [-0.3, -0.25) is 0 Å². The Morgan fingerprint density at radius 2 is 2.25 bits per heavy atom. The molecule has 0 saturated carbocycles. The summed E-state index contributed by atoms with van der Waals surface area (Å²) in [4.78, 5) is 10.4. The molecule has 0 amide bonds. The summed E-state index contributed by atoms with van der Waals surface area (Å²) in [5, 5.41) is 13.3. The molecule has 0 fully saturated rings. The topological polar surface area (TPSA) is 61.6 Å². The molecule has 1 N–H and O–H groups in total. The summed E-state index contributed by atoms with van der Waals surface area (Å²) >= 11 is 1.61. The molecule has 2 aromatic rings. The van der Waals surface area contributed by atoms with Gasteiger partial charge >= 0.3 is 0 Å². The molecular formula is C15H16N4S. The molecular weight excluding hydrogens is 268 g/mol. The maximum Gasteiger partial charge on any atom is 0.188 e. The normalized spacial score (nSPS) is 13.1. The fourth-order valence-electron chi connectivity index (χ4n) is 2.56. The number of hydrogen-bond acceptors (Lipinski definition) is 5. The van der Waals surface area contributed by atoms with Crippen LogP contribution < -0.4 is 5.32 Å². The standard InChI is InChI=1S/C15H16N4S/c1-3-12-9(2)20-15(18-12)19-14-11(8-16)7-10-5-4-6-13(10)17-14/h7H,3-6H2,1-2H3,(H,17,18,19). The maximum absolute atomic E-state index is 9.29. The average molecular weight is 284 g/mol. The highest BCUT2D eigenvalue weighted by atomic mass is 32.1. The van der Waals surface area contributed by atoms with Gasteiger partial charge < -0.3 is 5.32 Å². The van der Waals surface area contributed by atoms with Gasteiger partial charge in [-0.25, -0.2) is 9.97 Å². The molecule has 102 valence electrons. The van der Waals surface area contributed by atoms with Crippen molar-refractivity contribution in [3.63, 3.8) is 0 Å². The van der Waals surface area contributed by atoms with Gasteiger partial charge in [-0.15, -0.1) is 11.3 Å². The van der Waals surface area contributed by atoms with E-state index in [1.807, 2.05) is 6.07 Å². The maximum atomic E-state index is 9.29. The molecule has 0 aliphatic heterocycles. The summed E-state index contributed by atoms with van der Waals surface area (Å²) in [6.45, 7) is 4.17. The van der Waals surface area contributed by atoms with Crippen LogP contribution in [-0.4, -0.2) is 9.97 Å². The molecule has 3 rings (SSSR count). The van der Waals surface area contributed by atoms with Crippen LogP contribution in [0.3, 0.4) is 0 Å². The van der Waals surface area contributed by atoms with E-state index in [0.717, 1.165) is 42.2 Å². The van der Waals surface area contributed by atoms with Crippen molar-refractivity contribution in [1.82, 2.24) is 9.97 Å². The highest BCUT2D eigenvalue weighted by Gasteiger charge is 2.17. The first-order valence-electron chi connectivity index (χ1n) is 6.87. The van der Waals surface area contributed by atoms with E-state index in [9.17, 15) is 5.26 Å². The lowest BCUT2D eigenvalue weighted by molar-refractivity contribution is 0.900. The zero-order valence-electron chi connectivity index (χ0n) is 11.7. The van der Waals surface area contributed by atoms with E-state index >= 15 is 0 Å². The van der Waals surface area contributed by atoms with Gasteiger partial charge in [0.15, 0.2) is 5.13 Å². The van der Waals surface area contributed by atoms with Gasteiger partial charge in [0.1, 0.15) is 11.9 Å². The summed E-state index contributed by atoms with van der Waals surface area (Å²) in [6, 6.07) is 4.20. The fraction of sp³-hybridized carbons (Fsp3) is 0.400. The first-order chi connectivity index (χ1) is 9.71. The molecule has 2 heterocycles. The lowest BCUT2D eigenvalue weighted by Gasteiger charge is -2.07. The third-order valence-electron chi connectivity index (χ3n) is 3.62. The van der Waals surface area contributed by atoms with E-state index in [1.165, 1.54) is 10.4 Å². The van der Waals surface area contributed by atoms with E-state index < -0.39 is 0 Å². The van der Waals surface area contributed by atoms with Gasteiger partial charge in [-0.2, -0.15) is 5.26 Å². The number of fused-ring (bicyclic) bond motifs is 1. The van der Waals surface area contributed by atoms with Crippen LogP contribution in [-0.2, 0) is 19.3 Å². The van der Waals surface area contributed by atoms with Gasteiger partial charge in [0.05, 0.1) is 11.3 Å². The Kier molecular flexibility index (Phi) is 3.41. The minimum absolute atomic E-state index is 0.608. The number of hydrogen-bond donors (Lipinski definition) is 1. The van der Waals surface area contributed by atoms with Crippen LogP contribution >= 0.6 is 11.3 Å². The first-order valence-corrected chi connectivity index (χ1v) is 7.69. The molecule has 0 unspecified atom stereocenters. The SMILES string of the molecule is CCc1nc(Nc2nc3c(cc2C#N)CCC3)sc1C. The summed E-state index contributed by atoms with van der Waals surface area (Å²) in [5.74, 6) is 0.643. The number of rotatable bonds is 3. The molecule has 0 spiro atoms. The van der Waals surface area contributed by atoms with Crippen LogP contribution in [0.4, 0.5) is 10.9 Å². The number of aryl methyl sites for hydroxylation is 4. The minimum Gasteiger partial charge on any atom is -0.315 e. The van der Waals surface area contributed by atoms with E-state index in [0.29, 0.717) is 11.4 Å². The minimum atomic E-state index is 0.608. The molecule has 0 saturated heterocycles. The van der Waals surface area contributed by atoms with Crippen LogP contribution in [0, 0.1) is 18.3 Å². The molecule has 1 aliphatic carbocycles. The average Bonchev–Trinajstić information content (AvgIpc) is 3.03. The monoisotopic (exact) mass is 284 g/mol. The van der Waals surface area contributed by atoms with Gasteiger partial charge in [-0.1, -0.05) is 6.92 Å². The number of thiazole rings is 1. The lowest BCUT2D eigenvalue weighted by atomic mass is 10.1. The van der Waals surface area contributed by atoms with Gasteiger partial charge in [0.25, 0.3) is 0 Å². The Morgan fingerprint density at radius 3 is 2.95 bits per heavy atom. The van der Waals surface area contributed by atoms with Crippen molar-refractivity contribution >= 4 is 22.3 Å². The molecule has 0 aromatic carbocycles. The number of aromatic nitrogens is 2. The highest BCUT2D eigenvalue weighted by Crippen LogP contribution is 2.29. The van der Waals surface area contributed by atoms with Gasteiger partial charge in [-0.05, 0) is 44.2 Å². The molecule has 4 nitrogen and oxygen atoms in total. The van der Waals surface area contributed by atoms with Crippen LogP contribution in [0.15, 0.2) is 6.07 Å². The van der Waals surface area contributed by atoms with Crippen molar-refractivity contribution in [1.29, 1.82) is 5.26 Å². The smallest absolute Gasteiger partial charge is 0.188 e. The molecule has 0 bridgehead atoms. The van der Waals surface area contributed by atoms with Gasteiger partial charge in [0, 0.05) is 10.6 Å². The van der Waals surface area contributed by atoms with E-state index in [1.54, 1.807) is 11.3 Å². The molecule has 1 aliphatic rings. The molecule has 5 heteroatoms. The number of pyridine rings is 1. The highest BCUT2D eigenvalue weighted by molar-refractivity contribution is 7.15. The summed E-state index contributed by atoms with van der Waals surface area (Å²) in [6.07, 6.45) is 4.10. The predicted octanol–water partition coefficient (Wildman–Crippen LogP) is 3.51. The second-order valence-corrected chi connectivity index (χ2v) is 6.16. The largest absolute Gasteiger partial charge is 0.315 e. The van der Waals surface area contributed by atoms with Gasteiger partial charge in [0.2, 0.25) is 0 Å². The molecule has 2 aromatic heterocycles. The number of nitriles is 1. The Bertz CT molecular complexity index is 697. The molecule has 20 heavy (non-hydrogen) atoms. The summed E-state index contributed by atoms with van der Waals surface area (Å²) in [5.41, 5.74) is 4.06. The van der Waals surface area contributed by atoms with E-state index in [2.05, 4.69) is 35.2 Å². The zero-order valence-corrected chi connectivity index (χ0v) is 12.5. The molecule has 0 radical (unpaired) electrons. The Balaban J connectivity index is 1.95. The van der Waals surface area contributed by atoms with Crippen molar-refractivity contribution in [3.8, 4) is 6.07 Å². The van der Waals surface area contributed by atoms with Crippen LogP contribution in [0.1, 0.15) is 40.7 Å². The summed E-state index contributed by atoms with van der Waals surface area (Å²) in [7, 11) is 0. The quantitative estimate of drug-likeness (QED) is 0.936. The Labute approximate surface area is 122 Å². The second-order valence-electron chi connectivity index (χ2n) is 4.96. The van der Waals surface area contributed by atoms with Crippen LogP contribution in [0.5, 0.6) is 0 Å². The first kappa shape index (κ1) is 13.1. The number of nitrogens with zero attached hydrogens (tertiary/aromatic N) is 3. The van der Waals surface area contributed by atoms with Crippen molar-refractivity contribution in [3.05, 3.63) is 33.5 Å². The predicted molar refractivity (Wildman–Crippen MR) is 80.5 cm³/mol. The molecule has 0 atom stereocenters. The van der Waals surface area contributed by atoms with E-state index in [4.69, 9.17) is 0 Å². The zero-order chi connectivity index (χ0) is 14.1. The number of nitrogens with one attached hydrogen (secondary N) is 1.